The Morgan fingerprint density at radius 3 is 2.87 bits per heavy atom. The lowest BCUT2D eigenvalue weighted by molar-refractivity contribution is 0.0955. The average molecular weight is 203 g/mol. The van der Waals surface area contributed by atoms with E-state index in [0.717, 1.165) is 10.9 Å². The number of aromatic nitrogens is 1. The third-order valence-corrected chi connectivity index (χ3v) is 2.52. The molecule has 1 heterocycles. The minimum Gasteiger partial charge on any atom is -0.350 e. The minimum atomic E-state index is -0.260. The highest BCUT2D eigenvalue weighted by atomic mass is 16.2. The summed E-state index contributed by atoms with van der Waals surface area (Å²) in [6.07, 6.45) is 1.78. The number of aryl methyl sites for hydroxylation is 2. The number of benzene rings is 1. The molecule has 0 aliphatic rings. The number of hydrogen-bond donors (Lipinski definition) is 2. The number of amides is 1. The zero-order valence-electron chi connectivity index (χ0n) is 8.74. The molecule has 0 atom stereocenters. The van der Waals surface area contributed by atoms with Gasteiger partial charge in [-0.2, -0.15) is 0 Å². The molecule has 2 aromatic rings. The van der Waals surface area contributed by atoms with Crippen LogP contribution in [0.5, 0.6) is 0 Å². The molecule has 2 rings (SSSR count). The summed E-state index contributed by atoms with van der Waals surface area (Å²) in [5, 5.41) is 0.922. The molecular formula is C11H13N3O. The van der Waals surface area contributed by atoms with Gasteiger partial charge < -0.3 is 4.57 Å². The lowest BCUT2D eigenvalue weighted by Gasteiger charge is -1.98. The largest absolute Gasteiger partial charge is 0.350 e. The summed E-state index contributed by atoms with van der Waals surface area (Å²) >= 11 is 0. The quantitative estimate of drug-likeness (QED) is 0.414. The van der Waals surface area contributed by atoms with Gasteiger partial charge in [0.1, 0.15) is 0 Å². The van der Waals surface area contributed by atoms with Crippen molar-refractivity contribution in [2.24, 2.45) is 12.9 Å². The van der Waals surface area contributed by atoms with Crippen molar-refractivity contribution in [1.29, 1.82) is 0 Å². The van der Waals surface area contributed by atoms with E-state index in [4.69, 9.17) is 5.84 Å². The second kappa shape index (κ2) is 3.40. The third kappa shape index (κ3) is 1.49. The van der Waals surface area contributed by atoms with Crippen LogP contribution in [0.1, 0.15) is 15.9 Å². The molecule has 3 N–H and O–H groups in total. The number of hydrazine groups is 1. The summed E-state index contributed by atoms with van der Waals surface area (Å²) in [5.41, 5.74) is 4.96. The molecule has 1 aromatic heterocycles. The lowest BCUT2D eigenvalue weighted by atomic mass is 10.1. The van der Waals surface area contributed by atoms with Crippen molar-refractivity contribution in [3.8, 4) is 0 Å². The number of nitrogens with one attached hydrogen (secondary N) is 1. The first-order valence-corrected chi connectivity index (χ1v) is 4.70. The maximum atomic E-state index is 11.5. The number of carbonyl (C=O) groups is 1. The highest BCUT2D eigenvalue weighted by molar-refractivity contribution is 6.06. The smallest absolute Gasteiger partial charge is 0.267 e. The van der Waals surface area contributed by atoms with Crippen LogP contribution in [0.2, 0.25) is 0 Å². The molecule has 15 heavy (non-hydrogen) atoms. The van der Waals surface area contributed by atoms with Gasteiger partial charge in [-0.05, 0) is 18.6 Å². The molecule has 4 nitrogen and oxygen atoms in total. The van der Waals surface area contributed by atoms with E-state index in [1.807, 2.05) is 36.7 Å². The van der Waals surface area contributed by atoms with Crippen molar-refractivity contribution in [3.63, 3.8) is 0 Å². The number of carbonyl (C=O) groups excluding carboxylic acids is 1. The molecule has 78 valence electrons. The maximum absolute atomic E-state index is 11.5. The summed E-state index contributed by atoms with van der Waals surface area (Å²) in [5.74, 6) is 4.87. The first-order chi connectivity index (χ1) is 7.13. The molecular weight excluding hydrogens is 190 g/mol. The first kappa shape index (κ1) is 9.73. The van der Waals surface area contributed by atoms with E-state index in [0.29, 0.717) is 5.56 Å². The number of nitrogens with two attached hydrogens (primary N) is 1. The van der Waals surface area contributed by atoms with Gasteiger partial charge in [0, 0.05) is 24.1 Å². The fraction of sp³-hybridized carbons (Fsp3) is 0.182. The molecule has 1 amide bonds. The zero-order chi connectivity index (χ0) is 11.0. The van der Waals surface area contributed by atoms with Crippen LogP contribution in [0.3, 0.4) is 0 Å². The Kier molecular flexibility index (Phi) is 2.21. The molecule has 0 aliphatic carbocycles. The van der Waals surface area contributed by atoms with E-state index < -0.39 is 0 Å². The van der Waals surface area contributed by atoms with Gasteiger partial charge in [0.25, 0.3) is 5.91 Å². The average Bonchev–Trinajstić information content (AvgIpc) is 2.55. The Bertz CT molecular complexity index is 528. The summed E-state index contributed by atoms with van der Waals surface area (Å²) in [6, 6.07) is 5.97. The Morgan fingerprint density at radius 2 is 2.20 bits per heavy atom. The van der Waals surface area contributed by atoms with Crippen LogP contribution < -0.4 is 11.3 Å². The van der Waals surface area contributed by atoms with Crippen LogP contribution >= 0.6 is 0 Å². The number of fused-ring (bicyclic) bond motifs is 1. The molecule has 1 aromatic carbocycles. The van der Waals surface area contributed by atoms with E-state index in [1.54, 1.807) is 6.20 Å². The van der Waals surface area contributed by atoms with Crippen molar-refractivity contribution in [3.05, 3.63) is 35.5 Å². The number of hydrogen-bond acceptors (Lipinski definition) is 2. The van der Waals surface area contributed by atoms with Crippen molar-refractivity contribution in [2.75, 3.05) is 0 Å². The van der Waals surface area contributed by atoms with Gasteiger partial charge >= 0.3 is 0 Å². The second-order valence-electron chi connectivity index (χ2n) is 3.65. The standard InChI is InChI=1S/C11H13N3O/c1-7-3-4-8-9(11(15)13-12)6-14(2)10(8)5-7/h3-6H,12H2,1-2H3,(H,13,15). The van der Waals surface area contributed by atoms with Crippen LogP contribution in [0.25, 0.3) is 10.9 Å². The monoisotopic (exact) mass is 203 g/mol. The number of nitrogen functional groups attached to an aromatic ring is 1. The normalized spacial score (nSPS) is 10.6. The summed E-state index contributed by atoms with van der Waals surface area (Å²) < 4.78 is 1.92. The molecule has 0 unspecified atom stereocenters. The zero-order valence-corrected chi connectivity index (χ0v) is 8.74. The molecule has 0 spiro atoms. The van der Waals surface area contributed by atoms with Crippen molar-refractivity contribution in [1.82, 2.24) is 9.99 Å². The fourth-order valence-corrected chi connectivity index (χ4v) is 1.75. The highest BCUT2D eigenvalue weighted by Crippen LogP contribution is 2.21. The maximum Gasteiger partial charge on any atom is 0.267 e. The topological polar surface area (TPSA) is 60.1 Å². The number of rotatable bonds is 1. The third-order valence-electron chi connectivity index (χ3n) is 2.52. The van der Waals surface area contributed by atoms with E-state index in [-0.39, 0.29) is 5.91 Å². The van der Waals surface area contributed by atoms with Gasteiger partial charge in [-0.1, -0.05) is 12.1 Å². The summed E-state index contributed by atoms with van der Waals surface area (Å²) in [6.45, 7) is 2.02. The van der Waals surface area contributed by atoms with Crippen LogP contribution in [-0.4, -0.2) is 10.5 Å². The van der Waals surface area contributed by atoms with Crippen molar-refractivity contribution < 1.29 is 4.79 Å². The molecule has 0 aliphatic heterocycles. The van der Waals surface area contributed by atoms with Gasteiger partial charge in [0.15, 0.2) is 0 Å². The van der Waals surface area contributed by atoms with E-state index >= 15 is 0 Å². The minimum absolute atomic E-state index is 0.260. The van der Waals surface area contributed by atoms with Gasteiger partial charge in [-0.3, -0.25) is 10.2 Å². The predicted octanol–water partition coefficient (Wildman–Crippen LogP) is 1.09. The Labute approximate surface area is 87.6 Å². The summed E-state index contributed by atoms with van der Waals surface area (Å²) in [4.78, 5) is 11.5. The second-order valence-corrected chi connectivity index (χ2v) is 3.65. The Hall–Kier alpha value is -1.81. The molecule has 4 heteroatoms. The van der Waals surface area contributed by atoms with Gasteiger partial charge in [-0.25, -0.2) is 5.84 Å². The molecule has 0 saturated carbocycles. The molecule has 0 radical (unpaired) electrons. The predicted molar refractivity (Wildman–Crippen MR) is 59.3 cm³/mol. The van der Waals surface area contributed by atoms with Crippen LogP contribution in [-0.2, 0) is 7.05 Å². The van der Waals surface area contributed by atoms with Gasteiger partial charge in [0.2, 0.25) is 0 Å². The van der Waals surface area contributed by atoms with Crippen LogP contribution in [0, 0.1) is 6.92 Å². The van der Waals surface area contributed by atoms with E-state index in [1.165, 1.54) is 5.56 Å². The molecule has 0 bridgehead atoms. The fourth-order valence-electron chi connectivity index (χ4n) is 1.75. The Morgan fingerprint density at radius 1 is 1.47 bits per heavy atom. The summed E-state index contributed by atoms with van der Waals surface area (Å²) in [7, 11) is 1.91. The molecule has 0 saturated heterocycles. The van der Waals surface area contributed by atoms with E-state index in [2.05, 4.69) is 5.43 Å². The van der Waals surface area contributed by atoms with Crippen molar-refractivity contribution >= 4 is 16.8 Å². The lowest BCUT2D eigenvalue weighted by Crippen LogP contribution is -2.29. The van der Waals surface area contributed by atoms with Gasteiger partial charge in [-0.15, -0.1) is 0 Å². The van der Waals surface area contributed by atoms with Crippen LogP contribution in [0.15, 0.2) is 24.4 Å². The Balaban J connectivity index is 2.73. The molecule has 0 fully saturated rings. The van der Waals surface area contributed by atoms with Crippen molar-refractivity contribution in [2.45, 2.75) is 6.92 Å². The van der Waals surface area contributed by atoms with Gasteiger partial charge in [0.05, 0.1) is 5.56 Å². The van der Waals surface area contributed by atoms with E-state index in [9.17, 15) is 4.79 Å². The highest BCUT2D eigenvalue weighted by Gasteiger charge is 2.12. The first-order valence-electron chi connectivity index (χ1n) is 4.70. The SMILES string of the molecule is Cc1ccc2c(C(=O)NN)cn(C)c2c1. The number of nitrogens with zero attached hydrogens (tertiary/aromatic N) is 1. The van der Waals surface area contributed by atoms with Crippen LogP contribution in [0.4, 0.5) is 0 Å².